The standard InChI is InChI=1S/C26H36N6O3/c1-30-10-7-27-24(30)17-31-15-19(18-35-23-6-5-20-3-2-4-21(20)14-23)13-22(16-31)25(33)28-8-11-32-12-9-29-26(32)34/h5-7,10,14,19,22H,2-4,8-9,11-13,15-18H2,1H3,(H,28,33)(H,29,34)/t19-,22+/m0/s1. The minimum Gasteiger partial charge on any atom is -0.493 e. The second kappa shape index (κ2) is 10.7. The van der Waals surface area contributed by atoms with Crippen LogP contribution in [0.4, 0.5) is 4.79 Å². The highest BCUT2D eigenvalue weighted by molar-refractivity contribution is 5.79. The summed E-state index contributed by atoms with van der Waals surface area (Å²) < 4.78 is 8.26. The van der Waals surface area contributed by atoms with Crippen LogP contribution in [0.25, 0.3) is 0 Å². The highest BCUT2D eigenvalue weighted by Crippen LogP contribution is 2.28. The first-order valence-electron chi connectivity index (χ1n) is 12.8. The van der Waals surface area contributed by atoms with E-state index < -0.39 is 0 Å². The van der Waals surface area contributed by atoms with Gasteiger partial charge in [-0.2, -0.15) is 0 Å². The first-order valence-corrected chi connectivity index (χ1v) is 12.8. The number of carbonyl (C=O) groups is 2. The van der Waals surface area contributed by atoms with E-state index in [-0.39, 0.29) is 23.8 Å². The van der Waals surface area contributed by atoms with E-state index in [0.717, 1.165) is 31.0 Å². The van der Waals surface area contributed by atoms with Crippen LogP contribution in [-0.4, -0.2) is 77.2 Å². The number of aromatic nitrogens is 2. The van der Waals surface area contributed by atoms with Gasteiger partial charge in [-0.3, -0.25) is 9.69 Å². The van der Waals surface area contributed by atoms with E-state index in [0.29, 0.717) is 45.9 Å². The molecule has 5 rings (SSSR count). The van der Waals surface area contributed by atoms with Crippen molar-refractivity contribution in [2.24, 2.45) is 18.9 Å². The zero-order chi connectivity index (χ0) is 24.2. The van der Waals surface area contributed by atoms with Gasteiger partial charge in [0.2, 0.25) is 5.91 Å². The summed E-state index contributed by atoms with van der Waals surface area (Å²) in [4.78, 5) is 33.4. The largest absolute Gasteiger partial charge is 0.493 e. The number of carbonyl (C=O) groups excluding carboxylic acids is 2. The van der Waals surface area contributed by atoms with Crippen molar-refractivity contribution in [1.29, 1.82) is 0 Å². The minimum absolute atomic E-state index is 0.0525. The molecule has 2 aliphatic heterocycles. The maximum absolute atomic E-state index is 13.1. The van der Waals surface area contributed by atoms with Crippen LogP contribution in [-0.2, 0) is 31.2 Å². The Morgan fingerprint density at radius 2 is 2.14 bits per heavy atom. The monoisotopic (exact) mass is 480 g/mol. The van der Waals surface area contributed by atoms with Crippen molar-refractivity contribution < 1.29 is 14.3 Å². The lowest BCUT2D eigenvalue weighted by Gasteiger charge is -2.37. The lowest BCUT2D eigenvalue weighted by atomic mass is 9.89. The van der Waals surface area contributed by atoms with Crippen LogP contribution in [0.3, 0.4) is 0 Å². The van der Waals surface area contributed by atoms with E-state index in [2.05, 4.69) is 38.7 Å². The van der Waals surface area contributed by atoms with E-state index in [1.54, 1.807) is 4.90 Å². The molecule has 3 heterocycles. The van der Waals surface area contributed by atoms with Gasteiger partial charge in [0, 0.05) is 64.6 Å². The molecule has 0 radical (unpaired) electrons. The van der Waals surface area contributed by atoms with Gasteiger partial charge in [-0.1, -0.05) is 6.07 Å². The predicted octanol–water partition coefficient (Wildman–Crippen LogP) is 1.57. The molecule has 0 unspecified atom stereocenters. The smallest absolute Gasteiger partial charge is 0.317 e. The molecule has 35 heavy (non-hydrogen) atoms. The molecule has 3 amide bonds. The fourth-order valence-electron chi connectivity index (χ4n) is 5.53. The number of nitrogens with zero attached hydrogens (tertiary/aromatic N) is 4. The average molecular weight is 481 g/mol. The third-order valence-electron chi connectivity index (χ3n) is 7.45. The molecule has 188 valence electrons. The topological polar surface area (TPSA) is 91.7 Å². The lowest BCUT2D eigenvalue weighted by Crippen LogP contribution is -2.48. The summed E-state index contributed by atoms with van der Waals surface area (Å²) in [5, 5.41) is 5.86. The van der Waals surface area contributed by atoms with Crippen LogP contribution in [0.15, 0.2) is 30.6 Å². The van der Waals surface area contributed by atoms with Crippen molar-refractivity contribution in [3.63, 3.8) is 0 Å². The number of aryl methyl sites for hydroxylation is 3. The Bertz CT molecular complexity index is 1050. The molecule has 9 nitrogen and oxygen atoms in total. The highest BCUT2D eigenvalue weighted by atomic mass is 16.5. The summed E-state index contributed by atoms with van der Waals surface area (Å²) in [6, 6.07) is 6.41. The zero-order valence-corrected chi connectivity index (χ0v) is 20.5. The van der Waals surface area contributed by atoms with Gasteiger partial charge in [0.15, 0.2) is 0 Å². The van der Waals surface area contributed by atoms with E-state index in [1.807, 2.05) is 24.0 Å². The SMILES string of the molecule is Cn1ccnc1CN1C[C@@H](COc2ccc3c(c2)CCC3)C[C@@H](C(=O)NCCN2CCNC2=O)C1. The van der Waals surface area contributed by atoms with Crippen LogP contribution < -0.4 is 15.4 Å². The van der Waals surface area contributed by atoms with Crippen LogP contribution in [0.5, 0.6) is 5.75 Å². The Labute approximate surface area is 206 Å². The number of amides is 3. The summed E-state index contributed by atoms with van der Waals surface area (Å²) in [5.74, 6) is 2.10. The highest BCUT2D eigenvalue weighted by Gasteiger charge is 2.32. The number of likely N-dealkylation sites (tertiary alicyclic amines) is 1. The van der Waals surface area contributed by atoms with Crippen molar-refractivity contribution >= 4 is 11.9 Å². The van der Waals surface area contributed by atoms with Crippen LogP contribution in [0, 0.1) is 11.8 Å². The van der Waals surface area contributed by atoms with Crippen molar-refractivity contribution in [3.05, 3.63) is 47.5 Å². The molecule has 1 aromatic heterocycles. The molecular weight excluding hydrogens is 444 g/mol. The number of ether oxygens (including phenoxy) is 1. The molecule has 0 bridgehead atoms. The van der Waals surface area contributed by atoms with Crippen molar-refractivity contribution in [2.45, 2.75) is 32.2 Å². The number of nitrogens with one attached hydrogen (secondary N) is 2. The first-order chi connectivity index (χ1) is 17.0. The van der Waals surface area contributed by atoms with Gasteiger partial charge in [-0.25, -0.2) is 9.78 Å². The maximum Gasteiger partial charge on any atom is 0.317 e. The molecule has 1 aromatic carbocycles. The lowest BCUT2D eigenvalue weighted by molar-refractivity contribution is -0.127. The predicted molar refractivity (Wildman–Crippen MR) is 132 cm³/mol. The Morgan fingerprint density at radius 3 is 2.94 bits per heavy atom. The average Bonchev–Trinajstić information content (AvgIpc) is 3.59. The first kappa shape index (κ1) is 23.7. The van der Waals surface area contributed by atoms with Gasteiger partial charge in [-0.05, 0) is 48.9 Å². The third-order valence-corrected chi connectivity index (χ3v) is 7.45. The minimum atomic E-state index is -0.120. The quantitative estimate of drug-likeness (QED) is 0.569. The fraction of sp³-hybridized carbons (Fsp3) is 0.577. The van der Waals surface area contributed by atoms with Gasteiger partial charge in [0.05, 0.1) is 19.1 Å². The van der Waals surface area contributed by atoms with E-state index in [1.165, 1.54) is 24.0 Å². The summed E-state index contributed by atoms with van der Waals surface area (Å²) in [6.07, 6.45) is 8.08. The Morgan fingerprint density at radius 1 is 1.26 bits per heavy atom. The number of benzene rings is 1. The molecule has 0 saturated carbocycles. The number of piperidine rings is 1. The van der Waals surface area contributed by atoms with Gasteiger partial charge in [-0.15, -0.1) is 0 Å². The second-order valence-corrected chi connectivity index (χ2v) is 10.1. The van der Waals surface area contributed by atoms with Crippen LogP contribution >= 0.6 is 0 Å². The molecule has 2 N–H and O–H groups in total. The second-order valence-electron chi connectivity index (χ2n) is 10.1. The molecule has 2 saturated heterocycles. The normalized spacial score (nSPS) is 22.2. The van der Waals surface area contributed by atoms with Crippen molar-refractivity contribution in [3.8, 4) is 5.75 Å². The number of fused-ring (bicyclic) bond motifs is 1. The Hall–Kier alpha value is -3.07. The molecule has 2 fully saturated rings. The van der Waals surface area contributed by atoms with Gasteiger partial charge in [0.25, 0.3) is 0 Å². The number of hydrogen-bond donors (Lipinski definition) is 2. The summed E-state index contributed by atoms with van der Waals surface area (Å²) in [6.45, 7) is 5.23. The van der Waals surface area contributed by atoms with Gasteiger partial charge in [0.1, 0.15) is 11.6 Å². The summed E-state index contributed by atoms with van der Waals surface area (Å²) in [5.41, 5.74) is 2.85. The Balaban J connectivity index is 1.19. The van der Waals surface area contributed by atoms with Gasteiger partial charge >= 0.3 is 6.03 Å². The molecule has 3 aliphatic rings. The summed E-state index contributed by atoms with van der Waals surface area (Å²) >= 11 is 0. The Kier molecular flexibility index (Phi) is 7.22. The fourth-order valence-corrected chi connectivity index (χ4v) is 5.53. The van der Waals surface area contributed by atoms with Gasteiger partial charge < -0.3 is 24.8 Å². The maximum atomic E-state index is 13.1. The van der Waals surface area contributed by atoms with Crippen LogP contribution in [0.1, 0.15) is 29.8 Å². The van der Waals surface area contributed by atoms with E-state index >= 15 is 0 Å². The molecule has 9 heteroatoms. The van der Waals surface area contributed by atoms with Crippen LogP contribution in [0.2, 0.25) is 0 Å². The third kappa shape index (κ3) is 5.78. The molecule has 1 aliphatic carbocycles. The molecule has 2 aromatic rings. The number of urea groups is 1. The molecule has 0 spiro atoms. The molecule has 2 atom stereocenters. The number of rotatable bonds is 9. The van der Waals surface area contributed by atoms with E-state index in [9.17, 15) is 9.59 Å². The van der Waals surface area contributed by atoms with Crippen molar-refractivity contribution in [2.75, 3.05) is 45.9 Å². The summed E-state index contributed by atoms with van der Waals surface area (Å²) in [7, 11) is 2.00. The number of imidazole rings is 1. The number of hydrogen-bond acceptors (Lipinski definition) is 5. The van der Waals surface area contributed by atoms with E-state index in [4.69, 9.17) is 4.74 Å². The molecular formula is C26H36N6O3. The van der Waals surface area contributed by atoms with Crippen molar-refractivity contribution in [1.82, 2.24) is 30.0 Å². The zero-order valence-electron chi connectivity index (χ0n) is 20.5.